The lowest BCUT2D eigenvalue weighted by Gasteiger charge is -1.98. The maximum absolute atomic E-state index is 11.3. The molecule has 0 aliphatic heterocycles. The lowest BCUT2D eigenvalue weighted by molar-refractivity contribution is -0.121. The van der Waals surface area contributed by atoms with E-state index >= 15 is 0 Å². The van der Waals surface area contributed by atoms with Gasteiger partial charge in [-0.05, 0) is 26.2 Å². The van der Waals surface area contributed by atoms with Crippen LogP contribution in [-0.4, -0.2) is 5.78 Å². The Kier molecular flexibility index (Phi) is 11.2. The summed E-state index contributed by atoms with van der Waals surface area (Å²) in [5.41, 5.74) is 0. The van der Waals surface area contributed by atoms with Crippen molar-refractivity contribution in [1.29, 1.82) is 0 Å². The smallest absolute Gasteiger partial charge is 0.139 e. The minimum absolute atomic E-state index is 0.146. The molecule has 0 bridgehead atoms. The Morgan fingerprint density at radius 1 is 0.833 bits per heavy atom. The Morgan fingerprint density at radius 2 is 1.28 bits per heavy atom. The molecule has 18 heavy (non-hydrogen) atoms. The lowest BCUT2D eigenvalue weighted by Crippen LogP contribution is -2.04. The third-order valence-corrected chi connectivity index (χ3v) is 2.52. The summed E-state index contributed by atoms with van der Waals surface area (Å²) in [6.07, 6.45) is 20.3. The molecule has 0 saturated carbocycles. The van der Waals surface area contributed by atoms with E-state index < -0.39 is 0 Å². The van der Waals surface area contributed by atoms with Gasteiger partial charge >= 0.3 is 0 Å². The first-order chi connectivity index (χ1) is 8.68. The number of allylic oxidation sites excluding steroid dienone is 8. The number of carbonyl (C=O) groups excluding carboxylic acids is 1. The fraction of sp³-hybridized carbons (Fsp3) is 0.471. The van der Waals surface area contributed by atoms with Crippen molar-refractivity contribution in [3.63, 3.8) is 0 Å². The van der Waals surface area contributed by atoms with Gasteiger partial charge in [0.2, 0.25) is 0 Å². The van der Waals surface area contributed by atoms with Crippen molar-refractivity contribution < 1.29 is 4.79 Å². The Balaban J connectivity index is 3.56. The van der Waals surface area contributed by atoms with Crippen LogP contribution in [0.2, 0.25) is 0 Å². The highest BCUT2D eigenvalue weighted by Gasteiger charge is 2.02. The van der Waals surface area contributed by atoms with Crippen LogP contribution in [0, 0.1) is 5.92 Å². The summed E-state index contributed by atoms with van der Waals surface area (Å²) in [4.78, 5) is 11.3. The van der Waals surface area contributed by atoms with Gasteiger partial charge in [0.1, 0.15) is 5.78 Å². The van der Waals surface area contributed by atoms with Crippen molar-refractivity contribution >= 4 is 5.78 Å². The van der Waals surface area contributed by atoms with E-state index in [0.717, 1.165) is 19.3 Å². The van der Waals surface area contributed by atoms with Crippen molar-refractivity contribution in [2.45, 2.75) is 46.5 Å². The zero-order chi connectivity index (χ0) is 13.6. The van der Waals surface area contributed by atoms with Gasteiger partial charge in [-0.2, -0.15) is 0 Å². The lowest BCUT2D eigenvalue weighted by atomic mass is 10.1. The van der Waals surface area contributed by atoms with Crippen LogP contribution in [0.1, 0.15) is 46.5 Å². The molecule has 0 atom stereocenters. The van der Waals surface area contributed by atoms with Gasteiger partial charge in [0.05, 0.1) is 0 Å². The second-order valence-electron chi connectivity index (χ2n) is 4.52. The Morgan fingerprint density at radius 3 is 1.72 bits per heavy atom. The maximum Gasteiger partial charge on any atom is 0.139 e. The second-order valence-corrected chi connectivity index (χ2v) is 4.52. The summed E-state index contributed by atoms with van der Waals surface area (Å²) in [5.74, 6) is 0.453. The van der Waals surface area contributed by atoms with Crippen LogP contribution in [0.4, 0.5) is 0 Å². The molecule has 0 radical (unpaired) electrons. The zero-order valence-electron chi connectivity index (χ0n) is 11.9. The third-order valence-electron chi connectivity index (χ3n) is 2.52. The predicted molar refractivity (Wildman–Crippen MR) is 80.5 cm³/mol. The zero-order valence-corrected chi connectivity index (χ0v) is 11.9. The van der Waals surface area contributed by atoms with E-state index in [9.17, 15) is 4.79 Å². The number of Topliss-reactive ketones (excluding diaryl/α,β-unsaturated/α-hetero) is 1. The van der Waals surface area contributed by atoms with Crippen molar-refractivity contribution in [1.82, 2.24) is 0 Å². The maximum atomic E-state index is 11.3. The van der Waals surface area contributed by atoms with E-state index in [2.05, 4.69) is 42.5 Å². The molecule has 0 heterocycles. The average molecular weight is 246 g/mol. The fourth-order valence-electron chi connectivity index (χ4n) is 1.29. The largest absolute Gasteiger partial charge is 0.299 e. The molecule has 100 valence electrons. The van der Waals surface area contributed by atoms with Crippen LogP contribution in [0.25, 0.3) is 0 Å². The van der Waals surface area contributed by atoms with E-state index in [4.69, 9.17) is 0 Å². The summed E-state index contributed by atoms with van der Waals surface area (Å²) < 4.78 is 0. The minimum atomic E-state index is 0.146. The number of carbonyl (C=O) groups is 1. The van der Waals surface area contributed by atoms with Crippen LogP contribution in [0.3, 0.4) is 0 Å². The second kappa shape index (κ2) is 12.1. The van der Waals surface area contributed by atoms with Gasteiger partial charge in [-0.25, -0.2) is 0 Å². The molecule has 0 aromatic rings. The van der Waals surface area contributed by atoms with E-state index in [1.54, 1.807) is 0 Å². The molecule has 1 nitrogen and oxygen atoms in total. The molecule has 0 spiro atoms. The first kappa shape index (κ1) is 16.6. The van der Waals surface area contributed by atoms with E-state index in [1.165, 1.54) is 0 Å². The molecule has 0 unspecified atom stereocenters. The highest BCUT2D eigenvalue weighted by atomic mass is 16.1. The number of hydrogen-bond donors (Lipinski definition) is 0. The molecular formula is C17H26O. The normalized spacial score (nSPS) is 12.9. The number of ketones is 1. The van der Waals surface area contributed by atoms with Gasteiger partial charge in [0.15, 0.2) is 0 Å². The average Bonchev–Trinajstić information content (AvgIpc) is 2.35. The highest BCUT2D eigenvalue weighted by molar-refractivity contribution is 5.81. The van der Waals surface area contributed by atoms with Crippen LogP contribution in [0.15, 0.2) is 48.6 Å². The van der Waals surface area contributed by atoms with Crippen LogP contribution >= 0.6 is 0 Å². The monoisotopic (exact) mass is 246 g/mol. The summed E-state index contributed by atoms with van der Waals surface area (Å²) in [6.45, 7) is 5.91. The Bertz CT molecular complexity index is 317. The topological polar surface area (TPSA) is 17.1 Å². The van der Waals surface area contributed by atoms with Crippen LogP contribution < -0.4 is 0 Å². The van der Waals surface area contributed by atoms with Crippen molar-refractivity contribution in [2.75, 3.05) is 0 Å². The molecule has 0 aliphatic rings. The van der Waals surface area contributed by atoms with Gasteiger partial charge in [-0.1, -0.05) is 62.5 Å². The van der Waals surface area contributed by atoms with Gasteiger partial charge in [0.25, 0.3) is 0 Å². The molecule has 0 aromatic carbocycles. The summed E-state index contributed by atoms with van der Waals surface area (Å²) in [6, 6.07) is 0. The molecule has 0 fully saturated rings. The van der Waals surface area contributed by atoms with Crippen molar-refractivity contribution in [3.05, 3.63) is 48.6 Å². The first-order valence-electron chi connectivity index (χ1n) is 6.77. The molecule has 0 aliphatic carbocycles. The molecule has 0 saturated heterocycles. The molecule has 0 amide bonds. The van der Waals surface area contributed by atoms with E-state index in [-0.39, 0.29) is 5.92 Å². The summed E-state index contributed by atoms with van der Waals surface area (Å²) in [7, 11) is 0. The molecule has 0 rings (SSSR count). The fourth-order valence-corrected chi connectivity index (χ4v) is 1.29. The standard InChI is InChI=1S/C17H26O/c1-4-5-6-7-8-9-10-11-12-13-14-15-17(18)16(2)3/h4-5,7-8,10-11,13-14,16H,6,9,12,15H2,1-3H3/b5-4-,8-7-,11-10-,14-13-. The highest BCUT2D eigenvalue weighted by Crippen LogP contribution is 2.00. The van der Waals surface area contributed by atoms with Gasteiger partial charge in [-0.15, -0.1) is 0 Å². The van der Waals surface area contributed by atoms with Crippen molar-refractivity contribution in [3.8, 4) is 0 Å². The molecular weight excluding hydrogens is 220 g/mol. The molecule has 0 N–H and O–H groups in total. The Hall–Kier alpha value is -1.37. The van der Waals surface area contributed by atoms with Crippen LogP contribution in [-0.2, 0) is 4.79 Å². The van der Waals surface area contributed by atoms with E-state index in [0.29, 0.717) is 12.2 Å². The van der Waals surface area contributed by atoms with Crippen LogP contribution in [0.5, 0.6) is 0 Å². The number of hydrogen-bond acceptors (Lipinski definition) is 1. The first-order valence-corrected chi connectivity index (χ1v) is 6.77. The quantitative estimate of drug-likeness (QED) is 0.522. The van der Waals surface area contributed by atoms with Gasteiger partial charge in [0, 0.05) is 12.3 Å². The molecule has 1 heteroatoms. The number of rotatable bonds is 9. The summed E-state index contributed by atoms with van der Waals surface area (Å²) >= 11 is 0. The Labute approximate surface area is 112 Å². The molecule has 0 aromatic heterocycles. The SMILES string of the molecule is C/C=C\C/C=C\C/C=C\C/C=C\CC(=O)C(C)C. The van der Waals surface area contributed by atoms with Gasteiger partial charge in [-0.3, -0.25) is 4.79 Å². The predicted octanol–water partition coefficient (Wildman–Crippen LogP) is 5.02. The van der Waals surface area contributed by atoms with E-state index in [1.807, 2.05) is 26.8 Å². The minimum Gasteiger partial charge on any atom is -0.299 e. The third kappa shape index (κ3) is 11.1. The van der Waals surface area contributed by atoms with Crippen molar-refractivity contribution in [2.24, 2.45) is 5.92 Å². The summed E-state index contributed by atoms with van der Waals surface area (Å²) in [5, 5.41) is 0. The van der Waals surface area contributed by atoms with Gasteiger partial charge < -0.3 is 0 Å².